The van der Waals surface area contributed by atoms with E-state index in [2.05, 4.69) is 0 Å². The van der Waals surface area contributed by atoms with Crippen LogP contribution in [0.4, 0.5) is 0 Å². The average molecular weight is 238 g/mol. The lowest BCUT2D eigenvalue weighted by Crippen LogP contribution is -2.45. The molecule has 0 aromatic rings. The summed E-state index contributed by atoms with van der Waals surface area (Å²) in [4.78, 5) is 15.5. The van der Waals surface area contributed by atoms with Gasteiger partial charge in [-0.1, -0.05) is 0 Å². The molecule has 0 bridgehead atoms. The van der Waals surface area contributed by atoms with E-state index < -0.39 is 0 Å². The van der Waals surface area contributed by atoms with E-state index >= 15 is 0 Å². The zero-order valence-corrected chi connectivity index (χ0v) is 10.7. The van der Waals surface area contributed by atoms with Gasteiger partial charge in [0.25, 0.3) is 0 Å². The van der Waals surface area contributed by atoms with Gasteiger partial charge in [-0.15, -0.1) is 0 Å². The molecule has 5 nitrogen and oxygen atoms in total. The lowest BCUT2D eigenvalue weighted by atomic mass is 10.1. The Morgan fingerprint density at radius 2 is 2.18 bits per heavy atom. The zero-order valence-electron chi connectivity index (χ0n) is 10.7. The lowest BCUT2D eigenvalue weighted by molar-refractivity contribution is -0.131. The molecule has 0 heterocycles. The predicted octanol–water partition coefficient (Wildman–Crippen LogP) is 0.0276. The highest BCUT2D eigenvalue weighted by molar-refractivity contribution is 5.78. The lowest BCUT2D eigenvalue weighted by Gasteiger charge is -2.28. The topological polar surface area (TPSA) is 73.4 Å². The molecule has 1 fully saturated rings. The minimum Gasteiger partial charge on any atom is -0.344 e. The normalized spacial score (nSPS) is 16.6. The van der Waals surface area contributed by atoms with Gasteiger partial charge in [0.05, 0.1) is 19.0 Å². The number of nitriles is 1. The highest BCUT2D eigenvalue weighted by atomic mass is 16.2. The Morgan fingerprint density at radius 1 is 1.53 bits per heavy atom. The van der Waals surface area contributed by atoms with Gasteiger partial charge >= 0.3 is 0 Å². The number of carbonyl (C=O) groups is 1. The second-order valence-electron chi connectivity index (χ2n) is 4.78. The predicted molar refractivity (Wildman–Crippen MR) is 66.1 cm³/mol. The van der Waals surface area contributed by atoms with Crippen molar-refractivity contribution < 1.29 is 4.79 Å². The number of likely N-dealkylation sites (N-methyl/N-ethyl adjacent to an activating group) is 2. The molecule has 1 amide bonds. The van der Waals surface area contributed by atoms with E-state index in [9.17, 15) is 4.79 Å². The number of carbonyl (C=O) groups excluding carboxylic acids is 1. The Kier molecular flexibility index (Phi) is 5.39. The summed E-state index contributed by atoms with van der Waals surface area (Å²) in [6.45, 7) is 1.50. The number of amides is 1. The van der Waals surface area contributed by atoms with Crippen molar-refractivity contribution in [2.24, 2.45) is 11.7 Å². The number of hydrogen-bond acceptors (Lipinski definition) is 4. The largest absolute Gasteiger partial charge is 0.344 e. The van der Waals surface area contributed by atoms with Crippen molar-refractivity contribution in [2.75, 3.05) is 33.7 Å². The van der Waals surface area contributed by atoms with Crippen molar-refractivity contribution in [2.45, 2.75) is 25.3 Å². The molecule has 1 unspecified atom stereocenters. The average Bonchev–Trinajstić information content (AvgIpc) is 3.11. The van der Waals surface area contributed by atoms with Crippen LogP contribution in [0.25, 0.3) is 0 Å². The van der Waals surface area contributed by atoms with Crippen molar-refractivity contribution in [1.82, 2.24) is 9.80 Å². The monoisotopic (exact) mass is 238 g/mol. The van der Waals surface area contributed by atoms with E-state index in [-0.39, 0.29) is 5.91 Å². The molecule has 1 rings (SSSR count). The molecule has 1 atom stereocenters. The maximum atomic E-state index is 11.9. The van der Waals surface area contributed by atoms with Gasteiger partial charge in [-0.3, -0.25) is 9.69 Å². The number of rotatable bonds is 7. The van der Waals surface area contributed by atoms with Crippen LogP contribution in [-0.2, 0) is 4.79 Å². The third-order valence-corrected chi connectivity index (χ3v) is 3.34. The summed E-state index contributed by atoms with van der Waals surface area (Å²) in [5.74, 6) is 0.726. The quantitative estimate of drug-likeness (QED) is 0.679. The molecular weight excluding hydrogens is 216 g/mol. The highest BCUT2D eigenvalue weighted by Crippen LogP contribution is 2.34. The summed E-state index contributed by atoms with van der Waals surface area (Å²) in [6.07, 6.45) is 2.84. The first kappa shape index (κ1) is 13.9. The van der Waals surface area contributed by atoms with E-state index in [0.29, 0.717) is 38.0 Å². The minimum atomic E-state index is 0.0573. The van der Waals surface area contributed by atoms with E-state index in [1.54, 1.807) is 11.9 Å². The first-order valence-corrected chi connectivity index (χ1v) is 6.11. The fraction of sp³-hybridized carbons (Fsp3) is 0.833. The molecule has 0 aromatic heterocycles. The standard InChI is InChI=1S/C12H22N4O/c1-15(7-3-6-13)12(17)9-16(2)11(8-14)10-4-5-10/h10-11H,3-5,7-9,14H2,1-2H3. The van der Waals surface area contributed by atoms with E-state index in [1.807, 2.05) is 18.0 Å². The number of nitrogens with zero attached hydrogens (tertiary/aromatic N) is 3. The van der Waals surface area contributed by atoms with Crippen molar-refractivity contribution in [1.29, 1.82) is 5.26 Å². The molecule has 96 valence electrons. The third-order valence-electron chi connectivity index (χ3n) is 3.34. The first-order valence-electron chi connectivity index (χ1n) is 6.11. The molecule has 0 radical (unpaired) electrons. The molecule has 1 aliphatic rings. The zero-order chi connectivity index (χ0) is 12.8. The molecule has 1 saturated carbocycles. The summed E-state index contributed by atoms with van der Waals surface area (Å²) in [7, 11) is 3.69. The van der Waals surface area contributed by atoms with Crippen LogP contribution in [0.2, 0.25) is 0 Å². The molecule has 0 aromatic carbocycles. The molecule has 2 N–H and O–H groups in total. The van der Waals surface area contributed by atoms with Crippen LogP contribution in [-0.4, -0.2) is 55.5 Å². The molecule has 0 aliphatic heterocycles. The second kappa shape index (κ2) is 6.58. The highest BCUT2D eigenvalue weighted by Gasteiger charge is 2.33. The fourth-order valence-corrected chi connectivity index (χ4v) is 2.01. The van der Waals surface area contributed by atoms with Crippen LogP contribution >= 0.6 is 0 Å². The maximum Gasteiger partial charge on any atom is 0.236 e. The van der Waals surface area contributed by atoms with Gasteiger partial charge in [0.1, 0.15) is 0 Å². The van der Waals surface area contributed by atoms with Crippen molar-refractivity contribution in [3.05, 3.63) is 0 Å². The van der Waals surface area contributed by atoms with E-state index in [0.717, 1.165) is 0 Å². The second-order valence-corrected chi connectivity index (χ2v) is 4.78. The summed E-state index contributed by atoms with van der Waals surface area (Å²) < 4.78 is 0. The van der Waals surface area contributed by atoms with Gasteiger partial charge in [0, 0.05) is 26.2 Å². The molecular formula is C12H22N4O. The number of hydrogen-bond donors (Lipinski definition) is 1. The maximum absolute atomic E-state index is 11.9. The Morgan fingerprint density at radius 3 is 2.65 bits per heavy atom. The van der Waals surface area contributed by atoms with Crippen LogP contribution in [0.5, 0.6) is 0 Å². The molecule has 5 heteroatoms. The smallest absolute Gasteiger partial charge is 0.236 e. The van der Waals surface area contributed by atoms with Crippen LogP contribution in [0, 0.1) is 17.2 Å². The van der Waals surface area contributed by atoms with Crippen LogP contribution in [0.3, 0.4) is 0 Å². The van der Waals surface area contributed by atoms with Crippen molar-refractivity contribution in [3.63, 3.8) is 0 Å². The summed E-state index contributed by atoms with van der Waals surface area (Å²) in [5.41, 5.74) is 5.74. The van der Waals surface area contributed by atoms with Gasteiger partial charge in [-0.05, 0) is 25.8 Å². The van der Waals surface area contributed by atoms with Gasteiger partial charge in [-0.2, -0.15) is 5.26 Å². The van der Waals surface area contributed by atoms with Gasteiger partial charge in [0.2, 0.25) is 5.91 Å². The molecule has 1 aliphatic carbocycles. The van der Waals surface area contributed by atoms with E-state index in [4.69, 9.17) is 11.0 Å². The van der Waals surface area contributed by atoms with Crippen LogP contribution in [0.1, 0.15) is 19.3 Å². The Balaban J connectivity index is 2.36. The Bertz CT molecular complexity index is 295. The minimum absolute atomic E-state index is 0.0573. The number of nitrogens with two attached hydrogens (primary N) is 1. The molecule has 0 spiro atoms. The van der Waals surface area contributed by atoms with Gasteiger partial charge < -0.3 is 10.6 Å². The van der Waals surface area contributed by atoms with Gasteiger partial charge in [0.15, 0.2) is 0 Å². The summed E-state index contributed by atoms with van der Waals surface area (Å²) in [6, 6.07) is 2.36. The van der Waals surface area contributed by atoms with Crippen LogP contribution < -0.4 is 5.73 Å². The first-order chi connectivity index (χ1) is 8.10. The van der Waals surface area contributed by atoms with Gasteiger partial charge in [-0.25, -0.2) is 0 Å². The fourth-order valence-electron chi connectivity index (χ4n) is 2.01. The SMILES string of the molecule is CN(CCC#N)C(=O)CN(C)C(CN)C1CC1. The molecule has 17 heavy (non-hydrogen) atoms. The summed E-state index contributed by atoms with van der Waals surface area (Å²) in [5, 5.41) is 8.47. The summed E-state index contributed by atoms with van der Waals surface area (Å²) >= 11 is 0. The Labute approximate surface area is 103 Å². The van der Waals surface area contributed by atoms with Crippen molar-refractivity contribution in [3.8, 4) is 6.07 Å². The molecule has 0 saturated heterocycles. The Hall–Kier alpha value is -1.12. The third kappa shape index (κ3) is 4.33. The van der Waals surface area contributed by atoms with E-state index in [1.165, 1.54) is 12.8 Å². The van der Waals surface area contributed by atoms with Crippen molar-refractivity contribution >= 4 is 5.91 Å². The van der Waals surface area contributed by atoms with Crippen LogP contribution in [0.15, 0.2) is 0 Å².